The first-order valence-corrected chi connectivity index (χ1v) is 6.40. The predicted octanol–water partition coefficient (Wildman–Crippen LogP) is 1.79. The number of carboxylic acid groups (broad SMARTS) is 1. The summed E-state index contributed by atoms with van der Waals surface area (Å²) in [4.78, 5) is 46.1. The molecule has 0 saturated heterocycles. The van der Waals surface area contributed by atoms with Crippen LogP contribution in [0.5, 0.6) is 0 Å². The zero-order chi connectivity index (χ0) is 16.0. The molecule has 2 aliphatic rings. The van der Waals surface area contributed by atoms with Gasteiger partial charge in [0.2, 0.25) is 0 Å². The van der Waals surface area contributed by atoms with Gasteiger partial charge in [-0.05, 0) is 6.07 Å². The fourth-order valence-corrected chi connectivity index (χ4v) is 2.74. The number of rotatable bonds is 2. The van der Waals surface area contributed by atoms with Crippen LogP contribution >= 0.6 is 0 Å². The van der Waals surface area contributed by atoms with Gasteiger partial charge in [-0.2, -0.15) is 0 Å². The Bertz CT molecular complexity index is 804. The number of hydrogen-bond acceptors (Lipinski definition) is 5. The van der Waals surface area contributed by atoms with Gasteiger partial charge in [0, 0.05) is 23.3 Å². The monoisotopic (exact) mass is 299 g/mol. The van der Waals surface area contributed by atoms with Gasteiger partial charge in [-0.3, -0.25) is 19.7 Å². The number of nitro benzene ring substituents is 1. The number of fused-ring (bicyclic) bond motifs is 2. The third kappa shape index (κ3) is 1.95. The highest BCUT2D eigenvalue weighted by Gasteiger charge is 2.41. The highest BCUT2D eigenvalue weighted by molar-refractivity contribution is 6.18. The number of carbonyl (C=O) groups excluding carboxylic acids is 2. The summed E-state index contributed by atoms with van der Waals surface area (Å²) in [7, 11) is 0. The standard InChI is InChI=1S/C15H9NO6/c17-13-9-3-1-7(15(19)20)5-11(9)14(18)12-6-8(16(21)22)2-4-10(12)13/h1-6,9,11H,(H,19,20). The van der Waals surface area contributed by atoms with E-state index in [1.165, 1.54) is 30.4 Å². The Balaban J connectivity index is 2.14. The van der Waals surface area contributed by atoms with Gasteiger partial charge in [0.1, 0.15) is 0 Å². The van der Waals surface area contributed by atoms with E-state index in [9.17, 15) is 24.5 Å². The summed E-state index contributed by atoms with van der Waals surface area (Å²) in [6.07, 6.45) is 3.93. The number of nitro groups is 1. The minimum Gasteiger partial charge on any atom is -0.478 e. The van der Waals surface area contributed by atoms with Crippen LogP contribution in [0.1, 0.15) is 20.7 Å². The van der Waals surface area contributed by atoms with E-state index >= 15 is 0 Å². The summed E-state index contributed by atoms with van der Waals surface area (Å²) in [5.74, 6) is -3.71. The highest BCUT2D eigenvalue weighted by Crippen LogP contribution is 2.36. The molecule has 1 N–H and O–H groups in total. The van der Waals surface area contributed by atoms with E-state index in [1.807, 2.05) is 0 Å². The Kier molecular flexibility index (Phi) is 2.98. The maximum atomic E-state index is 12.5. The normalized spacial score (nSPS) is 22.6. The molecule has 1 aromatic rings. The Morgan fingerprint density at radius 1 is 1.14 bits per heavy atom. The molecule has 0 radical (unpaired) electrons. The maximum Gasteiger partial charge on any atom is 0.335 e. The quantitative estimate of drug-likeness (QED) is 0.657. The van der Waals surface area contributed by atoms with Crippen LogP contribution in [0.2, 0.25) is 0 Å². The van der Waals surface area contributed by atoms with Crippen molar-refractivity contribution in [3.8, 4) is 0 Å². The lowest BCUT2D eigenvalue weighted by molar-refractivity contribution is -0.384. The molecule has 0 heterocycles. The van der Waals surface area contributed by atoms with Crippen molar-refractivity contribution >= 4 is 23.2 Å². The zero-order valence-electron chi connectivity index (χ0n) is 11.1. The van der Waals surface area contributed by atoms with Crippen molar-refractivity contribution in [2.24, 2.45) is 11.8 Å². The van der Waals surface area contributed by atoms with Crippen molar-refractivity contribution in [2.45, 2.75) is 0 Å². The number of benzene rings is 1. The maximum absolute atomic E-state index is 12.5. The second-order valence-electron chi connectivity index (χ2n) is 5.05. The van der Waals surface area contributed by atoms with E-state index in [0.29, 0.717) is 0 Å². The second kappa shape index (κ2) is 4.73. The molecular formula is C15H9NO6. The third-order valence-corrected chi connectivity index (χ3v) is 3.83. The zero-order valence-corrected chi connectivity index (χ0v) is 11.1. The van der Waals surface area contributed by atoms with E-state index in [1.54, 1.807) is 0 Å². The second-order valence-corrected chi connectivity index (χ2v) is 5.05. The fourth-order valence-electron chi connectivity index (χ4n) is 2.74. The average Bonchev–Trinajstić information content (AvgIpc) is 2.51. The van der Waals surface area contributed by atoms with Gasteiger partial charge in [-0.1, -0.05) is 18.2 Å². The van der Waals surface area contributed by atoms with Gasteiger partial charge in [0.25, 0.3) is 5.69 Å². The van der Waals surface area contributed by atoms with Crippen LogP contribution in [0.25, 0.3) is 0 Å². The molecule has 2 unspecified atom stereocenters. The van der Waals surface area contributed by atoms with Crippen molar-refractivity contribution in [3.63, 3.8) is 0 Å². The summed E-state index contributed by atoms with van der Waals surface area (Å²) in [5.41, 5.74) is -0.256. The Morgan fingerprint density at radius 3 is 2.45 bits per heavy atom. The van der Waals surface area contributed by atoms with Crippen LogP contribution < -0.4 is 0 Å². The molecule has 0 amide bonds. The summed E-state index contributed by atoms with van der Waals surface area (Å²) in [6.45, 7) is 0. The summed E-state index contributed by atoms with van der Waals surface area (Å²) in [6, 6.07) is 3.52. The lowest BCUT2D eigenvalue weighted by Gasteiger charge is -2.28. The first-order valence-electron chi connectivity index (χ1n) is 6.40. The fraction of sp³-hybridized carbons (Fsp3) is 0.133. The van der Waals surface area contributed by atoms with Gasteiger partial charge in [0.05, 0.1) is 22.3 Å². The number of non-ortho nitro benzene ring substituents is 1. The van der Waals surface area contributed by atoms with E-state index in [2.05, 4.69) is 0 Å². The van der Waals surface area contributed by atoms with Crippen LogP contribution in [0.4, 0.5) is 5.69 Å². The molecule has 0 aromatic heterocycles. The predicted molar refractivity (Wildman–Crippen MR) is 73.6 cm³/mol. The first kappa shape index (κ1) is 13.9. The number of aliphatic carboxylic acids is 1. The number of hydrogen-bond donors (Lipinski definition) is 1. The molecule has 2 aliphatic carbocycles. The number of carbonyl (C=O) groups is 3. The molecule has 0 aliphatic heterocycles. The Morgan fingerprint density at radius 2 is 1.82 bits per heavy atom. The molecular weight excluding hydrogens is 290 g/mol. The van der Waals surface area contributed by atoms with Gasteiger partial charge in [-0.25, -0.2) is 4.79 Å². The van der Waals surface area contributed by atoms with Gasteiger partial charge >= 0.3 is 5.97 Å². The lowest BCUT2D eigenvalue weighted by atomic mass is 9.71. The molecule has 7 nitrogen and oxygen atoms in total. The van der Waals surface area contributed by atoms with E-state index in [4.69, 9.17) is 5.11 Å². The molecule has 3 rings (SSSR count). The summed E-state index contributed by atoms with van der Waals surface area (Å²) in [5, 5.41) is 19.8. The Labute approximate surface area is 123 Å². The number of Topliss-reactive ketones (excluding diaryl/α,β-unsaturated/α-hetero) is 2. The third-order valence-electron chi connectivity index (χ3n) is 3.83. The van der Waals surface area contributed by atoms with Crippen molar-refractivity contribution in [3.05, 3.63) is 63.2 Å². The van der Waals surface area contributed by atoms with Gasteiger partial charge < -0.3 is 5.11 Å². The SMILES string of the molecule is O=C(O)C1=CC2C(=O)c3cc([N+](=O)[O-])ccc3C(=O)C2C=C1. The molecule has 0 spiro atoms. The largest absolute Gasteiger partial charge is 0.478 e. The van der Waals surface area contributed by atoms with Crippen molar-refractivity contribution in [1.29, 1.82) is 0 Å². The average molecular weight is 299 g/mol. The van der Waals surface area contributed by atoms with Gasteiger partial charge in [0.15, 0.2) is 11.6 Å². The first-order chi connectivity index (χ1) is 10.4. The van der Waals surface area contributed by atoms with Crippen LogP contribution in [0.3, 0.4) is 0 Å². The van der Waals surface area contributed by atoms with Crippen LogP contribution in [0.15, 0.2) is 42.0 Å². The molecule has 1 aromatic carbocycles. The molecule has 0 fully saturated rings. The number of nitrogens with zero attached hydrogens (tertiary/aromatic N) is 1. The molecule has 0 saturated carbocycles. The highest BCUT2D eigenvalue weighted by atomic mass is 16.6. The summed E-state index contributed by atoms with van der Waals surface area (Å²) >= 11 is 0. The molecule has 110 valence electrons. The number of allylic oxidation sites excluding steroid dienone is 2. The molecule has 2 atom stereocenters. The molecule has 0 bridgehead atoms. The molecule has 7 heteroatoms. The van der Waals surface area contributed by atoms with Crippen molar-refractivity contribution in [1.82, 2.24) is 0 Å². The lowest BCUT2D eigenvalue weighted by Crippen LogP contribution is -2.36. The Hall–Kier alpha value is -3.09. The van der Waals surface area contributed by atoms with Crippen LogP contribution in [-0.4, -0.2) is 27.6 Å². The minimum absolute atomic E-state index is 0.0308. The van der Waals surface area contributed by atoms with Crippen LogP contribution in [0, 0.1) is 22.0 Å². The van der Waals surface area contributed by atoms with Gasteiger partial charge in [-0.15, -0.1) is 0 Å². The summed E-state index contributed by atoms with van der Waals surface area (Å²) < 4.78 is 0. The number of carboxylic acids is 1. The van der Waals surface area contributed by atoms with Crippen molar-refractivity contribution < 1.29 is 24.4 Å². The molecule has 22 heavy (non-hydrogen) atoms. The number of ketones is 2. The van der Waals surface area contributed by atoms with E-state index < -0.39 is 28.5 Å². The smallest absolute Gasteiger partial charge is 0.335 e. The van der Waals surface area contributed by atoms with Crippen molar-refractivity contribution in [2.75, 3.05) is 0 Å². The minimum atomic E-state index is -1.19. The van der Waals surface area contributed by atoms with E-state index in [-0.39, 0.29) is 28.2 Å². The topological polar surface area (TPSA) is 115 Å². The van der Waals surface area contributed by atoms with E-state index in [0.717, 1.165) is 6.07 Å². The van der Waals surface area contributed by atoms with Crippen LogP contribution in [-0.2, 0) is 4.79 Å².